The van der Waals surface area contributed by atoms with Crippen LogP contribution in [0, 0.1) is 0 Å². The summed E-state index contributed by atoms with van der Waals surface area (Å²) in [5.41, 5.74) is 3.48. The van der Waals surface area contributed by atoms with Crippen molar-refractivity contribution in [1.29, 1.82) is 0 Å². The summed E-state index contributed by atoms with van der Waals surface area (Å²) in [7, 11) is 0. The summed E-state index contributed by atoms with van der Waals surface area (Å²) in [5.74, 6) is -0.262. The molecule has 2 rings (SSSR count). The normalized spacial score (nSPS) is 10.3. The number of carbonyl (C=O) groups is 1. The minimum atomic E-state index is -0.262. The van der Waals surface area contributed by atoms with Gasteiger partial charge in [-0.1, -0.05) is 30.4 Å². The third-order valence-electron chi connectivity index (χ3n) is 2.00. The number of nitrogens with zero attached hydrogens (tertiary/aromatic N) is 1. The first-order valence-corrected chi connectivity index (χ1v) is 5.92. The van der Waals surface area contributed by atoms with Gasteiger partial charge in [0.25, 0.3) is 0 Å². The van der Waals surface area contributed by atoms with Crippen LogP contribution < -0.4 is 5.48 Å². The molecule has 0 unspecified atom stereocenters. The number of benzene rings is 1. The van der Waals surface area contributed by atoms with Gasteiger partial charge in [0.2, 0.25) is 5.13 Å². The lowest BCUT2D eigenvalue weighted by molar-refractivity contribution is -0.140. The Labute approximate surface area is 97.2 Å². The zero-order chi connectivity index (χ0) is 11.4. The summed E-state index contributed by atoms with van der Waals surface area (Å²) < 4.78 is 1.07. The molecule has 0 spiro atoms. The van der Waals surface area contributed by atoms with E-state index in [9.17, 15) is 4.79 Å². The number of hydrogen-bond acceptors (Lipinski definition) is 5. The Morgan fingerprint density at radius 2 is 2.31 bits per heavy atom. The van der Waals surface area contributed by atoms with Crippen LogP contribution in [0.25, 0.3) is 10.2 Å². The average Bonchev–Trinajstić information content (AvgIpc) is 2.69. The highest BCUT2D eigenvalue weighted by Gasteiger charge is 2.05. The van der Waals surface area contributed by atoms with Gasteiger partial charge in [0, 0.05) is 6.42 Å². The van der Waals surface area contributed by atoms with Gasteiger partial charge < -0.3 is 4.84 Å². The predicted molar refractivity (Wildman–Crippen MR) is 64.2 cm³/mol. The lowest BCUT2D eigenvalue weighted by atomic mass is 10.3. The van der Waals surface area contributed by atoms with Crippen molar-refractivity contribution in [1.82, 2.24) is 4.98 Å². The molecule has 0 aliphatic carbocycles. The van der Waals surface area contributed by atoms with E-state index in [-0.39, 0.29) is 5.97 Å². The molecule has 5 heteroatoms. The number of hydrogen-bond donors (Lipinski definition) is 1. The molecule has 16 heavy (non-hydrogen) atoms. The zero-order valence-electron chi connectivity index (χ0n) is 8.90. The third kappa shape index (κ3) is 2.49. The number of carbonyl (C=O) groups excluding carboxylic acids is 1. The number of anilines is 1. The van der Waals surface area contributed by atoms with E-state index >= 15 is 0 Å². The Hall–Kier alpha value is -1.62. The Bertz CT molecular complexity index is 462. The lowest BCUT2D eigenvalue weighted by Crippen LogP contribution is -2.09. The molecule has 0 saturated heterocycles. The summed E-state index contributed by atoms with van der Waals surface area (Å²) in [6, 6.07) is 7.78. The van der Waals surface area contributed by atoms with E-state index in [0.717, 1.165) is 16.6 Å². The van der Waals surface area contributed by atoms with Crippen LogP contribution in [0.4, 0.5) is 5.13 Å². The quantitative estimate of drug-likeness (QED) is 0.829. The number of fused-ring (bicyclic) bond motifs is 1. The van der Waals surface area contributed by atoms with Crippen molar-refractivity contribution in [2.75, 3.05) is 5.48 Å². The van der Waals surface area contributed by atoms with Crippen molar-refractivity contribution in [3.05, 3.63) is 24.3 Å². The second-order valence-corrected chi connectivity index (χ2v) is 4.34. The smallest absolute Gasteiger partial charge is 0.332 e. The molecule has 4 nitrogen and oxygen atoms in total. The highest BCUT2D eigenvalue weighted by atomic mass is 32.1. The topological polar surface area (TPSA) is 51.2 Å². The molecule has 0 aliphatic heterocycles. The highest BCUT2D eigenvalue weighted by Crippen LogP contribution is 2.25. The van der Waals surface area contributed by atoms with Gasteiger partial charge in [-0.25, -0.2) is 9.78 Å². The Morgan fingerprint density at radius 3 is 3.06 bits per heavy atom. The fourth-order valence-electron chi connectivity index (χ4n) is 1.27. The Balaban J connectivity index is 2.02. The molecule has 0 fully saturated rings. The van der Waals surface area contributed by atoms with Crippen LogP contribution in [-0.2, 0) is 9.63 Å². The fraction of sp³-hybridized carbons (Fsp3) is 0.273. The number of para-hydroxylation sites is 1. The van der Waals surface area contributed by atoms with Crippen LogP contribution in [0.15, 0.2) is 24.3 Å². The molecule has 0 bridgehead atoms. The Morgan fingerprint density at radius 1 is 1.50 bits per heavy atom. The van der Waals surface area contributed by atoms with Crippen LogP contribution in [-0.4, -0.2) is 11.0 Å². The van der Waals surface area contributed by atoms with Crippen molar-refractivity contribution in [2.24, 2.45) is 0 Å². The third-order valence-corrected chi connectivity index (χ3v) is 2.93. The molecule has 0 atom stereocenters. The van der Waals surface area contributed by atoms with E-state index in [4.69, 9.17) is 4.84 Å². The number of thiazole rings is 1. The number of rotatable bonds is 4. The molecule has 0 amide bonds. The molecule has 1 aromatic heterocycles. The second-order valence-electron chi connectivity index (χ2n) is 3.31. The van der Waals surface area contributed by atoms with E-state index in [1.165, 1.54) is 11.3 Å². The molecular weight excluding hydrogens is 224 g/mol. The van der Waals surface area contributed by atoms with E-state index in [1.807, 2.05) is 31.2 Å². The first-order chi connectivity index (χ1) is 7.79. The van der Waals surface area contributed by atoms with E-state index in [1.54, 1.807) is 0 Å². The molecule has 0 aliphatic rings. The van der Waals surface area contributed by atoms with Crippen molar-refractivity contribution in [3.8, 4) is 0 Å². The van der Waals surface area contributed by atoms with Crippen LogP contribution in [0.5, 0.6) is 0 Å². The first kappa shape index (κ1) is 10.9. The molecule has 0 radical (unpaired) electrons. The van der Waals surface area contributed by atoms with Crippen LogP contribution in [0.1, 0.15) is 19.8 Å². The SMILES string of the molecule is CCCC(=O)ONc1nc2ccccc2s1. The summed E-state index contributed by atoms with van der Waals surface area (Å²) in [5, 5.41) is 0.602. The first-order valence-electron chi connectivity index (χ1n) is 5.11. The molecule has 1 N–H and O–H groups in total. The monoisotopic (exact) mass is 236 g/mol. The van der Waals surface area contributed by atoms with Gasteiger partial charge in [-0.2, -0.15) is 5.48 Å². The maximum Gasteiger partial charge on any atom is 0.332 e. The molecule has 84 valence electrons. The highest BCUT2D eigenvalue weighted by molar-refractivity contribution is 7.22. The van der Waals surface area contributed by atoms with E-state index < -0.39 is 0 Å². The summed E-state index contributed by atoms with van der Waals surface area (Å²) >= 11 is 1.46. The van der Waals surface area contributed by atoms with Gasteiger partial charge in [0.05, 0.1) is 10.2 Å². The maximum atomic E-state index is 11.1. The summed E-state index contributed by atoms with van der Waals surface area (Å²) in [6.45, 7) is 1.93. The molecule has 1 heterocycles. The van der Waals surface area contributed by atoms with Crippen LogP contribution >= 0.6 is 11.3 Å². The van der Waals surface area contributed by atoms with Crippen LogP contribution in [0.3, 0.4) is 0 Å². The average molecular weight is 236 g/mol. The minimum absolute atomic E-state index is 0.262. The largest absolute Gasteiger partial charge is 0.341 e. The number of aromatic nitrogens is 1. The molecule has 1 aromatic carbocycles. The summed E-state index contributed by atoms with van der Waals surface area (Å²) in [6.07, 6.45) is 1.19. The van der Waals surface area contributed by atoms with Gasteiger partial charge in [-0.05, 0) is 18.6 Å². The maximum absolute atomic E-state index is 11.1. The zero-order valence-corrected chi connectivity index (χ0v) is 9.71. The van der Waals surface area contributed by atoms with Crippen molar-refractivity contribution < 1.29 is 9.63 Å². The van der Waals surface area contributed by atoms with Crippen molar-refractivity contribution >= 4 is 32.7 Å². The summed E-state index contributed by atoms with van der Waals surface area (Å²) in [4.78, 5) is 20.3. The van der Waals surface area contributed by atoms with Gasteiger partial charge in [-0.3, -0.25) is 0 Å². The van der Waals surface area contributed by atoms with Crippen LogP contribution in [0.2, 0.25) is 0 Å². The van der Waals surface area contributed by atoms with Crippen molar-refractivity contribution in [3.63, 3.8) is 0 Å². The van der Waals surface area contributed by atoms with E-state index in [2.05, 4.69) is 10.5 Å². The van der Waals surface area contributed by atoms with Gasteiger partial charge in [-0.15, -0.1) is 0 Å². The van der Waals surface area contributed by atoms with Gasteiger partial charge in [0.15, 0.2) is 0 Å². The minimum Gasteiger partial charge on any atom is -0.341 e. The van der Waals surface area contributed by atoms with E-state index in [0.29, 0.717) is 11.6 Å². The molecule has 0 saturated carbocycles. The predicted octanol–water partition coefficient (Wildman–Crippen LogP) is 2.97. The second kappa shape index (κ2) is 4.94. The van der Waals surface area contributed by atoms with Gasteiger partial charge in [0.1, 0.15) is 0 Å². The van der Waals surface area contributed by atoms with Gasteiger partial charge >= 0.3 is 5.97 Å². The molecular formula is C11H12N2O2S. The standard InChI is InChI=1S/C11H12N2O2S/c1-2-5-10(14)15-13-11-12-8-6-3-4-7-9(8)16-11/h3-4,6-7H,2,5H2,1H3,(H,12,13). The van der Waals surface area contributed by atoms with Crippen molar-refractivity contribution in [2.45, 2.75) is 19.8 Å². The Kier molecular flexibility index (Phi) is 3.36. The molecule has 2 aromatic rings. The lowest BCUT2D eigenvalue weighted by Gasteiger charge is -2.01. The fourth-order valence-corrected chi connectivity index (χ4v) is 2.07. The number of nitrogens with one attached hydrogen (secondary N) is 1.